The molecule has 1 unspecified atom stereocenters. The predicted molar refractivity (Wildman–Crippen MR) is 111 cm³/mol. The molecule has 29 heavy (non-hydrogen) atoms. The lowest BCUT2D eigenvalue weighted by molar-refractivity contribution is 0.109. The van der Waals surface area contributed by atoms with Crippen LogP contribution >= 0.6 is 0 Å². The third-order valence-electron chi connectivity index (χ3n) is 5.27. The van der Waals surface area contributed by atoms with Crippen molar-refractivity contribution < 1.29 is 19.3 Å². The number of anilines is 1. The minimum absolute atomic E-state index is 0.113. The SMILES string of the molecule is CC1(C)O/C(=C2\c3cc(F)ccc3NC2O)C=C1c1ccc(CNCCO)cc1. The Morgan fingerprint density at radius 2 is 1.93 bits per heavy atom. The zero-order valence-corrected chi connectivity index (χ0v) is 16.5. The second-order valence-corrected chi connectivity index (χ2v) is 7.78. The third kappa shape index (κ3) is 3.79. The van der Waals surface area contributed by atoms with Crippen molar-refractivity contribution >= 4 is 16.8 Å². The molecule has 6 heteroatoms. The van der Waals surface area contributed by atoms with Gasteiger partial charge in [-0.05, 0) is 49.2 Å². The standard InChI is InChI=1S/C23H25FN2O3/c1-23(2)18(15-5-3-14(4-6-15)13-25-9-10-27)12-20(29-23)21-17-11-16(24)7-8-19(17)26-22(21)28/h3-8,11-12,22,25-28H,9-10,13H2,1-2H3/b21-20+. The van der Waals surface area contributed by atoms with E-state index in [0.29, 0.717) is 35.7 Å². The topological polar surface area (TPSA) is 73.8 Å². The molecule has 0 fully saturated rings. The highest BCUT2D eigenvalue weighted by molar-refractivity contribution is 5.90. The fraction of sp³-hybridized carbons (Fsp3) is 0.304. The first kappa shape index (κ1) is 19.6. The molecule has 0 amide bonds. The van der Waals surface area contributed by atoms with Gasteiger partial charge >= 0.3 is 0 Å². The maximum absolute atomic E-state index is 13.8. The molecule has 2 aromatic carbocycles. The molecule has 2 aliphatic rings. The van der Waals surface area contributed by atoms with E-state index < -0.39 is 11.8 Å². The summed E-state index contributed by atoms with van der Waals surface area (Å²) in [5.41, 5.74) is 4.40. The van der Waals surface area contributed by atoms with Gasteiger partial charge in [-0.15, -0.1) is 0 Å². The molecule has 0 aromatic heterocycles. The Morgan fingerprint density at radius 1 is 1.17 bits per heavy atom. The number of rotatable bonds is 5. The first-order valence-corrected chi connectivity index (χ1v) is 9.70. The molecule has 152 valence electrons. The van der Waals surface area contributed by atoms with Crippen molar-refractivity contribution in [1.82, 2.24) is 5.32 Å². The van der Waals surface area contributed by atoms with Gasteiger partial charge in [0, 0.05) is 29.9 Å². The monoisotopic (exact) mass is 396 g/mol. The van der Waals surface area contributed by atoms with Crippen LogP contribution in [0.5, 0.6) is 0 Å². The molecule has 2 aromatic rings. The van der Waals surface area contributed by atoms with Crippen LogP contribution in [0.15, 0.2) is 54.3 Å². The number of aliphatic hydroxyl groups is 2. The summed E-state index contributed by atoms with van der Waals surface area (Å²) in [6, 6.07) is 12.6. The Bertz CT molecular complexity index is 980. The maximum Gasteiger partial charge on any atom is 0.155 e. The summed E-state index contributed by atoms with van der Waals surface area (Å²) in [6.07, 6.45) is 0.979. The number of hydrogen-bond donors (Lipinski definition) is 4. The fourth-order valence-electron chi connectivity index (χ4n) is 3.84. The summed E-state index contributed by atoms with van der Waals surface area (Å²) in [4.78, 5) is 0. The van der Waals surface area contributed by atoms with Gasteiger partial charge in [0.05, 0.1) is 12.2 Å². The van der Waals surface area contributed by atoms with E-state index in [-0.39, 0.29) is 12.4 Å². The number of fused-ring (bicyclic) bond motifs is 1. The summed E-state index contributed by atoms with van der Waals surface area (Å²) in [5.74, 6) is 0.188. The summed E-state index contributed by atoms with van der Waals surface area (Å²) in [5, 5.41) is 25.5. The van der Waals surface area contributed by atoms with Crippen LogP contribution in [0.2, 0.25) is 0 Å². The largest absolute Gasteiger partial charge is 0.483 e. The summed E-state index contributed by atoms with van der Waals surface area (Å²) >= 11 is 0. The normalized spacial score (nSPS) is 22.1. The van der Waals surface area contributed by atoms with Crippen molar-refractivity contribution in [3.8, 4) is 0 Å². The fourth-order valence-corrected chi connectivity index (χ4v) is 3.84. The van der Waals surface area contributed by atoms with E-state index in [2.05, 4.69) is 10.6 Å². The van der Waals surface area contributed by atoms with Gasteiger partial charge in [-0.1, -0.05) is 24.3 Å². The minimum atomic E-state index is -0.951. The zero-order valence-electron chi connectivity index (χ0n) is 16.5. The van der Waals surface area contributed by atoms with Gasteiger partial charge in [0.15, 0.2) is 6.23 Å². The Morgan fingerprint density at radius 3 is 2.66 bits per heavy atom. The van der Waals surface area contributed by atoms with Crippen LogP contribution in [0.1, 0.15) is 30.5 Å². The summed E-state index contributed by atoms with van der Waals surface area (Å²) in [6.45, 7) is 5.31. The Kier molecular flexibility index (Phi) is 5.17. The average Bonchev–Trinajstić information content (AvgIpc) is 3.17. The number of hydrogen-bond acceptors (Lipinski definition) is 5. The molecule has 0 spiro atoms. The van der Waals surface area contributed by atoms with E-state index >= 15 is 0 Å². The van der Waals surface area contributed by atoms with Gasteiger partial charge in [0.2, 0.25) is 0 Å². The van der Waals surface area contributed by atoms with Crippen LogP contribution in [0.25, 0.3) is 11.1 Å². The molecule has 0 bridgehead atoms. The van der Waals surface area contributed by atoms with Gasteiger partial charge in [0.1, 0.15) is 17.2 Å². The van der Waals surface area contributed by atoms with Gasteiger partial charge in [-0.25, -0.2) is 4.39 Å². The van der Waals surface area contributed by atoms with Gasteiger partial charge in [0.25, 0.3) is 0 Å². The molecule has 4 rings (SSSR count). The highest BCUT2D eigenvalue weighted by Gasteiger charge is 2.37. The van der Waals surface area contributed by atoms with Crippen LogP contribution in [-0.2, 0) is 11.3 Å². The molecule has 4 N–H and O–H groups in total. The lowest BCUT2D eigenvalue weighted by Gasteiger charge is -2.24. The van der Waals surface area contributed by atoms with Crippen molar-refractivity contribution in [2.45, 2.75) is 32.2 Å². The van der Waals surface area contributed by atoms with Crippen LogP contribution in [0.4, 0.5) is 10.1 Å². The van der Waals surface area contributed by atoms with E-state index in [1.165, 1.54) is 12.1 Å². The molecule has 2 heterocycles. The van der Waals surface area contributed by atoms with Crippen LogP contribution < -0.4 is 10.6 Å². The van der Waals surface area contributed by atoms with E-state index in [4.69, 9.17) is 9.84 Å². The number of benzene rings is 2. The second-order valence-electron chi connectivity index (χ2n) is 7.78. The van der Waals surface area contributed by atoms with Crippen LogP contribution in [0.3, 0.4) is 0 Å². The molecule has 2 aliphatic heterocycles. The lowest BCUT2D eigenvalue weighted by atomic mass is 9.91. The minimum Gasteiger partial charge on any atom is -0.483 e. The Balaban J connectivity index is 1.68. The van der Waals surface area contributed by atoms with E-state index in [1.807, 2.05) is 44.2 Å². The van der Waals surface area contributed by atoms with Gasteiger partial charge < -0.3 is 25.6 Å². The predicted octanol–water partition coefficient (Wildman–Crippen LogP) is 3.26. The molecule has 0 saturated heterocycles. The first-order chi connectivity index (χ1) is 13.9. The van der Waals surface area contributed by atoms with Crippen molar-refractivity contribution in [3.05, 3.63) is 76.8 Å². The third-order valence-corrected chi connectivity index (χ3v) is 5.27. The van der Waals surface area contributed by atoms with Crippen molar-refractivity contribution in [3.63, 3.8) is 0 Å². The second kappa shape index (κ2) is 7.63. The van der Waals surface area contributed by atoms with Crippen LogP contribution in [-0.4, -0.2) is 35.2 Å². The molecule has 1 atom stereocenters. The highest BCUT2D eigenvalue weighted by atomic mass is 19.1. The molecular weight excluding hydrogens is 371 g/mol. The van der Waals surface area contributed by atoms with Gasteiger partial charge in [-0.3, -0.25) is 0 Å². The van der Waals surface area contributed by atoms with E-state index in [0.717, 1.165) is 16.7 Å². The van der Waals surface area contributed by atoms with Crippen LogP contribution in [0, 0.1) is 5.82 Å². The highest BCUT2D eigenvalue weighted by Crippen LogP contribution is 2.45. The number of allylic oxidation sites excluding steroid dienone is 1. The van der Waals surface area contributed by atoms with Crippen molar-refractivity contribution in [1.29, 1.82) is 0 Å². The quantitative estimate of drug-likeness (QED) is 0.584. The Labute approximate surface area is 169 Å². The maximum atomic E-state index is 13.8. The molecule has 0 radical (unpaired) electrons. The smallest absolute Gasteiger partial charge is 0.155 e. The summed E-state index contributed by atoms with van der Waals surface area (Å²) in [7, 11) is 0. The van der Waals surface area contributed by atoms with Crippen molar-refractivity contribution in [2.75, 3.05) is 18.5 Å². The van der Waals surface area contributed by atoms with E-state index in [1.54, 1.807) is 6.07 Å². The number of ether oxygens (including phenoxy) is 1. The van der Waals surface area contributed by atoms with Crippen molar-refractivity contribution in [2.24, 2.45) is 0 Å². The lowest BCUT2D eigenvalue weighted by Crippen LogP contribution is -2.22. The molecular formula is C23H25FN2O3. The Hall–Kier alpha value is -2.67. The number of halogens is 1. The first-order valence-electron chi connectivity index (χ1n) is 9.70. The molecule has 0 saturated carbocycles. The zero-order chi connectivity index (χ0) is 20.6. The average molecular weight is 396 g/mol. The van der Waals surface area contributed by atoms with E-state index in [9.17, 15) is 9.50 Å². The molecule has 0 aliphatic carbocycles. The number of aliphatic hydroxyl groups excluding tert-OH is 2. The molecule has 5 nitrogen and oxygen atoms in total. The van der Waals surface area contributed by atoms with Gasteiger partial charge in [-0.2, -0.15) is 0 Å². The summed E-state index contributed by atoms with van der Waals surface area (Å²) < 4.78 is 20.0. The number of nitrogens with one attached hydrogen (secondary N) is 2.